The number of hydrogen-bond donors (Lipinski definition) is 0. The van der Waals surface area contributed by atoms with E-state index < -0.39 is 0 Å². The Morgan fingerprint density at radius 1 is 1.75 bits per heavy atom. The Kier molecular flexibility index (Phi) is 20.7. The van der Waals surface area contributed by atoms with Crippen molar-refractivity contribution in [1.82, 2.24) is 0 Å². The molecular weight excluding hydrogens is 248 g/mol. The predicted octanol–water partition coefficient (Wildman–Crippen LogP) is 0.591. The van der Waals surface area contributed by atoms with Gasteiger partial charge in [0.15, 0.2) is 0 Å². The minimum absolute atomic E-state index is 0. The maximum Gasteiger partial charge on any atom is 0 e. The minimum Gasteiger partial charge on any atom is 0 e. The van der Waals surface area contributed by atoms with E-state index in [1.54, 1.807) is 0 Å². The van der Waals surface area contributed by atoms with E-state index >= 15 is 0 Å². The average molecular weight is 253 g/mol. The van der Waals surface area contributed by atoms with Gasteiger partial charge in [0.2, 0.25) is 0 Å². The maximum atomic E-state index is 2.21. The molecule has 16 valence electrons. The van der Waals surface area contributed by atoms with Crippen LogP contribution in [0, 0.1) is 0 Å². The summed E-state index contributed by atoms with van der Waals surface area (Å²) in [5.74, 6) is 0. The Hall–Kier alpha value is 1.94. The molecule has 0 atom stereocenters. The molecular formula is C2H5HgNa. The molecule has 0 aromatic heterocycles. The van der Waals surface area contributed by atoms with Crippen LogP contribution in [0.4, 0.5) is 0 Å². The van der Waals surface area contributed by atoms with Crippen LogP contribution in [0.2, 0.25) is 3.93 Å². The van der Waals surface area contributed by atoms with E-state index in [-0.39, 0.29) is 29.6 Å². The molecule has 2 heteroatoms. The van der Waals surface area contributed by atoms with Crippen LogP contribution < -0.4 is 0 Å². The van der Waals surface area contributed by atoms with E-state index in [9.17, 15) is 0 Å². The molecule has 0 saturated carbocycles. The summed E-state index contributed by atoms with van der Waals surface area (Å²) < 4.78 is 1.44. The summed E-state index contributed by atoms with van der Waals surface area (Å²) in [6, 6.07) is 0. The molecule has 0 aliphatic heterocycles. The normalized spacial score (nSPS) is 4.75. The van der Waals surface area contributed by atoms with Crippen LogP contribution in [-0.4, -0.2) is 29.6 Å². The first kappa shape index (κ1) is 9.33. The zero-order valence-corrected chi connectivity index (χ0v) is 10.9. The van der Waals surface area contributed by atoms with Gasteiger partial charge in [0, 0.05) is 29.6 Å². The van der Waals surface area contributed by atoms with E-state index in [0.29, 0.717) is 0 Å². The van der Waals surface area contributed by atoms with Crippen LogP contribution in [-0.2, 0) is 26.1 Å². The van der Waals surface area contributed by atoms with Gasteiger partial charge in [0.05, 0.1) is 0 Å². The van der Waals surface area contributed by atoms with E-state index in [4.69, 9.17) is 0 Å². The van der Waals surface area contributed by atoms with Crippen LogP contribution in [0.25, 0.3) is 0 Å². The zero-order valence-electron chi connectivity index (χ0n) is 3.41. The summed E-state index contributed by atoms with van der Waals surface area (Å²) in [6.45, 7) is 2.21. The van der Waals surface area contributed by atoms with Gasteiger partial charge in [-0.25, -0.2) is 0 Å². The van der Waals surface area contributed by atoms with Gasteiger partial charge in [0.1, 0.15) is 0 Å². The number of rotatable bonds is 0. The Bertz CT molecular complexity index is 6.00. The molecule has 0 fully saturated rings. The second-order valence-electron chi connectivity index (χ2n) is 0.500. The molecule has 0 bridgehead atoms. The smallest absolute Gasteiger partial charge is 0 e. The fourth-order valence-corrected chi connectivity index (χ4v) is 0. The second-order valence-corrected chi connectivity index (χ2v) is 4.39. The molecule has 0 aromatic rings. The summed E-state index contributed by atoms with van der Waals surface area (Å²) in [7, 11) is 0. The largest absolute Gasteiger partial charge is 0 e. The van der Waals surface area contributed by atoms with Crippen LogP contribution in [0.1, 0.15) is 6.92 Å². The van der Waals surface area contributed by atoms with Crippen molar-refractivity contribution >= 4 is 29.6 Å². The SMILES string of the molecule is C[CH2][Hg].[Na]. The van der Waals surface area contributed by atoms with Gasteiger partial charge >= 0.3 is 37.0 Å². The van der Waals surface area contributed by atoms with Gasteiger partial charge in [-0.05, 0) is 0 Å². The van der Waals surface area contributed by atoms with Crippen molar-refractivity contribution in [3.63, 3.8) is 0 Å². The average Bonchev–Trinajstić information content (AvgIpc) is 0.918. The van der Waals surface area contributed by atoms with Crippen LogP contribution in [0.3, 0.4) is 0 Å². The molecule has 0 aromatic carbocycles. The van der Waals surface area contributed by atoms with Crippen molar-refractivity contribution in [3.8, 4) is 0 Å². The van der Waals surface area contributed by atoms with Gasteiger partial charge in [-0.3, -0.25) is 0 Å². The molecule has 0 saturated heterocycles. The summed E-state index contributed by atoms with van der Waals surface area (Å²) in [4.78, 5) is 0. The van der Waals surface area contributed by atoms with Crippen molar-refractivity contribution in [1.29, 1.82) is 0 Å². The van der Waals surface area contributed by atoms with Crippen LogP contribution in [0.5, 0.6) is 0 Å². The molecule has 0 aliphatic rings. The molecule has 0 amide bonds. The first-order chi connectivity index (χ1) is 1.41. The van der Waals surface area contributed by atoms with E-state index in [1.807, 2.05) is 0 Å². The monoisotopic (exact) mass is 254 g/mol. The molecule has 0 unspecified atom stereocenters. The van der Waals surface area contributed by atoms with Crippen molar-refractivity contribution in [2.45, 2.75) is 10.9 Å². The van der Waals surface area contributed by atoms with Crippen LogP contribution >= 0.6 is 0 Å². The van der Waals surface area contributed by atoms with E-state index in [1.165, 1.54) is 3.93 Å². The Labute approximate surface area is 65.6 Å². The fourth-order valence-electron chi connectivity index (χ4n) is 0. The first-order valence-corrected chi connectivity index (χ1v) is 5.09. The van der Waals surface area contributed by atoms with Gasteiger partial charge in [-0.2, -0.15) is 0 Å². The molecule has 0 spiro atoms. The van der Waals surface area contributed by atoms with E-state index in [0.717, 1.165) is 26.1 Å². The quantitative estimate of drug-likeness (QED) is 0.554. The maximum absolute atomic E-state index is 2.21. The molecule has 0 nitrogen and oxygen atoms in total. The summed E-state index contributed by atoms with van der Waals surface area (Å²) in [6.07, 6.45) is 0. The Morgan fingerprint density at radius 3 is 1.75 bits per heavy atom. The Morgan fingerprint density at radius 2 is 1.75 bits per heavy atom. The van der Waals surface area contributed by atoms with Crippen LogP contribution in [0.15, 0.2) is 0 Å². The van der Waals surface area contributed by atoms with Gasteiger partial charge in [-0.15, -0.1) is 0 Å². The van der Waals surface area contributed by atoms with Crippen molar-refractivity contribution < 1.29 is 26.1 Å². The second kappa shape index (κ2) is 8.87. The molecule has 1 radical (unpaired) electrons. The molecule has 0 aliphatic carbocycles. The van der Waals surface area contributed by atoms with Gasteiger partial charge < -0.3 is 0 Å². The third kappa shape index (κ3) is 9.05. The number of hydrogen-bond acceptors (Lipinski definition) is 0. The van der Waals surface area contributed by atoms with Gasteiger partial charge in [-0.1, -0.05) is 0 Å². The first-order valence-electron chi connectivity index (χ1n) is 1.21. The summed E-state index contributed by atoms with van der Waals surface area (Å²) >= 11 is 1.07. The third-order valence-electron chi connectivity index (χ3n) is 0. The van der Waals surface area contributed by atoms with Crippen molar-refractivity contribution in [3.05, 3.63) is 0 Å². The van der Waals surface area contributed by atoms with Crippen molar-refractivity contribution in [2.75, 3.05) is 0 Å². The topological polar surface area (TPSA) is 0 Å². The molecule has 0 rings (SSSR count). The van der Waals surface area contributed by atoms with Crippen molar-refractivity contribution in [2.24, 2.45) is 0 Å². The molecule has 0 heterocycles. The summed E-state index contributed by atoms with van der Waals surface area (Å²) in [5, 5.41) is 0. The predicted molar refractivity (Wildman–Crippen MR) is 16.2 cm³/mol. The Balaban J connectivity index is 0. The summed E-state index contributed by atoms with van der Waals surface area (Å²) in [5.41, 5.74) is 0. The fraction of sp³-hybridized carbons (Fsp3) is 1.00. The zero-order chi connectivity index (χ0) is 2.71. The van der Waals surface area contributed by atoms with E-state index in [2.05, 4.69) is 6.92 Å². The standard InChI is InChI=1S/C2H5.Hg.Na/c1-2;;/h1H2,2H3;;. The molecule has 0 N–H and O–H groups in total. The third-order valence-corrected chi connectivity index (χ3v) is 0. The minimum atomic E-state index is 0. The van der Waals surface area contributed by atoms with Gasteiger partial charge in [0.25, 0.3) is 0 Å². The molecule has 4 heavy (non-hydrogen) atoms.